The summed E-state index contributed by atoms with van der Waals surface area (Å²) in [5.41, 5.74) is 1.87. The Labute approximate surface area is 132 Å². The Balaban J connectivity index is 1.80. The maximum absolute atomic E-state index is 11.7. The molecule has 2 aromatic rings. The van der Waals surface area contributed by atoms with Gasteiger partial charge in [0.2, 0.25) is 0 Å². The minimum absolute atomic E-state index is 0.215. The highest BCUT2D eigenvalue weighted by Gasteiger charge is 2.04. The number of carbonyl (C=O) groups is 2. The van der Waals surface area contributed by atoms with Crippen molar-refractivity contribution in [2.45, 2.75) is 13.1 Å². The van der Waals surface area contributed by atoms with Crippen molar-refractivity contribution in [2.75, 3.05) is 0 Å². The van der Waals surface area contributed by atoms with Gasteiger partial charge in [-0.25, -0.2) is 9.59 Å². The van der Waals surface area contributed by atoms with Crippen LogP contribution in [0.5, 0.6) is 0 Å². The summed E-state index contributed by atoms with van der Waals surface area (Å²) in [6, 6.07) is 13.3. The maximum Gasteiger partial charge on any atom is 0.335 e. The lowest BCUT2D eigenvalue weighted by atomic mass is 10.1. The van der Waals surface area contributed by atoms with Crippen LogP contribution < -0.4 is 10.6 Å². The van der Waals surface area contributed by atoms with Crippen LogP contribution in [-0.4, -0.2) is 17.1 Å². The highest BCUT2D eigenvalue weighted by Crippen LogP contribution is 2.14. The van der Waals surface area contributed by atoms with Crippen LogP contribution in [0.15, 0.2) is 48.5 Å². The van der Waals surface area contributed by atoms with Gasteiger partial charge in [-0.1, -0.05) is 41.9 Å². The number of nitrogens with one attached hydrogen (secondary N) is 2. The zero-order chi connectivity index (χ0) is 15.9. The molecule has 5 nitrogen and oxygen atoms in total. The van der Waals surface area contributed by atoms with Crippen LogP contribution in [0.3, 0.4) is 0 Å². The Bertz CT molecular complexity index is 671. The Kier molecular flexibility index (Phi) is 5.38. The van der Waals surface area contributed by atoms with Crippen molar-refractivity contribution in [1.82, 2.24) is 10.6 Å². The second-order valence-electron chi connectivity index (χ2n) is 4.63. The fourth-order valence-corrected chi connectivity index (χ4v) is 2.03. The third-order valence-corrected chi connectivity index (χ3v) is 3.42. The summed E-state index contributed by atoms with van der Waals surface area (Å²) < 4.78 is 0. The van der Waals surface area contributed by atoms with E-state index in [4.69, 9.17) is 16.7 Å². The van der Waals surface area contributed by atoms with Crippen molar-refractivity contribution in [3.05, 3.63) is 70.2 Å². The van der Waals surface area contributed by atoms with E-state index in [0.29, 0.717) is 18.1 Å². The second-order valence-corrected chi connectivity index (χ2v) is 5.04. The zero-order valence-corrected chi connectivity index (χ0v) is 12.4. The van der Waals surface area contributed by atoms with Gasteiger partial charge in [0, 0.05) is 18.1 Å². The van der Waals surface area contributed by atoms with Gasteiger partial charge in [-0.3, -0.25) is 0 Å². The third-order valence-electron chi connectivity index (χ3n) is 3.05. The van der Waals surface area contributed by atoms with Gasteiger partial charge in [-0.05, 0) is 29.3 Å². The first kappa shape index (κ1) is 15.9. The van der Waals surface area contributed by atoms with Gasteiger partial charge in [0.05, 0.1) is 5.56 Å². The van der Waals surface area contributed by atoms with E-state index in [0.717, 1.165) is 11.1 Å². The van der Waals surface area contributed by atoms with E-state index < -0.39 is 5.97 Å². The summed E-state index contributed by atoms with van der Waals surface area (Å²) >= 11 is 6.00. The predicted octanol–water partition coefficient (Wildman–Crippen LogP) is 3.04. The minimum Gasteiger partial charge on any atom is -0.478 e. The maximum atomic E-state index is 11.7. The molecular weight excluding hydrogens is 304 g/mol. The van der Waals surface area contributed by atoms with Gasteiger partial charge in [0.15, 0.2) is 0 Å². The molecule has 0 radical (unpaired) electrons. The Hall–Kier alpha value is -2.53. The van der Waals surface area contributed by atoms with Crippen LogP contribution in [0.4, 0.5) is 4.79 Å². The molecular formula is C16H15ClN2O3. The summed E-state index contributed by atoms with van der Waals surface area (Å²) in [4.78, 5) is 22.5. The Morgan fingerprint density at radius 2 is 1.59 bits per heavy atom. The molecule has 2 rings (SSSR count). The lowest BCUT2D eigenvalue weighted by Crippen LogP contribution is -2.34. The van der Waals surface area contributed by atoms with Crippen LogP contribution in [-0.2, 0) is 13.1 Å². The van der Waals surface area contributed by atoms with Crippen LogP contribution >= 0.6 is 11.6 Å². The molecule has 0 unspecified atom stereocenters. The lowest BCUT2D eigenvalue weighted by molar-refractivity contribution is 0.0697. The van der Waals surface area contributed by atoms with Crippen molar-refractivity contribution in [2.24, 2.45) is 0 Å². The molecule has 2 amide bonds. The molecule has 0 aliphatic heterocycles. The van der Waals surface area contributed by atoms with Gasteiger partial charge in [-0.2, -0.15) is 0 Å². The summed E-state index contributed by atoms with van der Waals surface area (Å²) in [5.74, 6) is -0.975. The zero-order valence-electron chi connectivity index (χ0n) is 11.7. The monoisotopic (exact) mass is 318 g/mol. The van der Waals surface area contributed by atoms with Crippen LogP contribution in [0.2, 0.25) is 5.02 Å². The quantitative estimate of drug-likeness (QED) is 0.793. The van der Waals surface area contributed by atoms with E-state index in [1.165, 1.54) is 12.1 Å². The fraction of sp³-hybridized carbons (Fsp3) is 0.125. The summed E-state index contributed by atoms with van der Waals surface area (Å²) in [7, 11) is 0. The van der Waals surface area contributed by atoms with Gasteiger partial charge in [-0.15, -0.1) is 0 Å². The van der Waals surface area contributed by atoms with E-state index in [-0.39, 0.29) is 11.6 Å². The number of rotatable bonds is 5. The molecule has 22 heavy (non-hydrogen) atoms. The average Bonchev–Trinajstić information content (AvgIpc) is 2.52. The number of carbonyl (C=O) groups excluding carboxylic acids is 1. The number of hydrogen-bond donors (Lipinski definition) is 3. The molecule has 0 aromatic heterocycles. The number of carboxylic acid groups (broad SMARTS) is 1. The first-order valence-electron chi connectivity index (χ1n) is 6.63. The van der Waals surface area contributed by atoms with Crippen molar-refractivity contribution in [3.63, 3.8) is 0 Å². The third kappa shape index (κ3) is 4.49. The molecule has 0 saturated carbocycles. The number of hydrogen-bond acceptors (Lipinski definition) is 2. The summed E-state index contributed by atoms with van der Waals surface area (Å²) in [6.07, 6.45) is 0. The molecule has 114 valence electrons. The van der Waals surface area contributed by atoms with Gasteiger partial charge in [0.25, 0.3) is 0 Å². The largest absolute Gasteiger partial charge is 0.478 e. The van der Waals surface area contributed by atoms with E-state index >= 15 is 0 Å². The smallest absolute Gasteiger partial charge is 0.335 e. The molecule has 0 saturated heterocycles. The van der Waals surface area contributed by atoms with Gasteiger partial charge in [0.1, 0.15) is 0 Å². The standard InChI is InChI=1S/C16H15ClN2O3/c17-14-4-2-1-3-13(14)10-19-16(22)18-9-11-5-7-12(8-6-11)15(20)21/h1-8H,9-10H2,(H,20,21)(H2,18,19,22). The minimum atomic E-state index is -0.975. The SMILES string of the molecule is O=C(NCc1ccc(C(=O)O)cc1)NCc1ccccc1Cl. The Morgan fingerprint density at radius 1 is 0.955 bits per heavy atom. The predicted molar refractivity (Wildman–Crippen MR) is 83.9 cm³/mol. The van der Waals surface area contributed by atoms with Crippen LogP contribution in [0.1, 0.15) is 21.5 Å². The fourth-order valence-electron chi connectivity index (χ4n) is 1.83. The van der Waals surface area contributed by atoms with E-state index in [2.05, 4.69) is 10.6 Å². The van der Waals surface area contributed by atoms with Crippen LogP contribution in [0.25, 0.3) is 0 Å². The van der Waals surface area contributed by atoms with Gasteiger partial charge >= 0.3 is 12.0 Å². The molecule has 6 heteroatoms. The summed E-state index contributed by atoms with van der Waals surface area (Å²) in [5, 5.41) is 14.8. The number of aromatic carboxylic acids is 1. The molecule has 0 aliphatic carbocycles. The lowest BCUT2D eigenvalue weighted by Gasteiger charge is -2.09. The molecule has 0 fully saturated rings. The highest BCUT2D eigenvalue weighted by atomic mass is 35.5. The second kappa shape index (κ2) is 7.47. The van der Waals surface area contributed by atoms with Gasteiger partial charge < -0.3 is 15.7 Å². The van der Waals surface area contributed by atoms with Crippen LogP contribution in [0, 0.1) is 0 Å². The molecule has 0 atom stereocenters. The molecule has 2 aromatic carbocycles. The van der Waals surface area contributed by atoms with Crippen molar-refractivity contribution in [1.29, 1.82) is 0 Å². The molecule has 3 N–H and O–H groups in total. The summed E-state index contributed by atoms with van der Waals surface area (Å²) in [6.45, 7) is 0.651. The van der Waals surface area contributed by atoms with Crippen molar-refractivity contribution < 1.29 is 14.7 Å². The van der Waals surface area contributed by atoms with Crippen molar-refractivity contribution >= 4 is 23.6 Å². The Morgan fingerprint density at radius 3 is 2.23 bits per heavy atom. The number of carboxylic acids is 1. The number of urea groups is 1. The van der Waals surface area contributed by atoms with E-state index in [1.54, 1.807) is 18.2 Å². The van der Waals surface area contributed by atoms with Crippen molar-refractivity contribution in [3.8, 4) is 0 Å². The normalized spacial score (nSPS) is 10.0. The molecule has 0 aliphatic rings. The first-order valence-corrected chi connectivity index (χ1v) is 7.01. The van der Waals surface area contributed by atoms with E-state index in [1.807, 2.05) is 18.2 Å². The van der Waals surface area contributed by atoms with E-state index in [9.17, 15) is 9.59 Å². The highest BCUT2D eigenvalue weighted by molar-refractivity contribution is 6.31. The molecule has 0 heterocycles. The number of benzene rings is 2. The topological polar surface area (TPSA) is 78.4 Å². The first-order chi connectivity index (χ1) is 10.6. The molecule has 0 spiro atoms. The number of halogens is 1. The average molecular weight is 319 g/mol. The molecule has 0 bridgehead atoms. The number of amides is 2.